The van der Waals surface area contributed by atoms with Crippen LogP contribution in [-0.4, -0.2) is 47.6 Å². The van der Waals surface area contributed by atoms with Crippen LogP contribution in [0, 0.1) is 0 Å². The average Bonchev–Trinajstić information content (AvgIpc) is 3.10. The van der Waals surface area contributed by atoms with E-state index < -0.39 is 17.7 Å². The molecule has 1 aromatic heterocycles. The van der Waals surface area contributed by atoms with Gasteiger partial charge in [-0.1, -0.05) is 30.3 Å². The summed E-state index contributed by atoms with van der Waals surface area (Å²) in [5, 5.41) is 20.7. The number of methoxy groups -OCH3 is 1. The monoisotopic (exact) mass is 337 g/mol. The van der Waals surface area contributed by atoms with Crippen LogP contribution in [0.4, 0.5) is 0 Å². The van der Waals surface area contributed by atoms with E-state index in [1.165, 1.54) is 18.4 Å². The molecule has 0 aliphatic heterocycles. The molecule has 0 radical (unpaired) electrons. The van der Waals surface area contributed by atoms with Crippen molar-refractivity contribution in [1.29, 1.82) is 0 Å². The number of aromatic nitrogens is 1. The third-order valence-electron chi connectivity index (χ3n) is 3.54. The first-order chi connectivity index (χ1) is 11.1. The highest BCUT2D eigenvalue weighted by Crippen LogP contribution is 2.31. The number of nitrogens with zero attached hydrogens (tertiary/aromatic N) is 1. The molecule has 6 nitrogen and oxygen atoms in total. The Morgan fingerprint density at radius 2 is 2.13 bits per heavy atom. The molecule has 2 atom stereocenters. The minimum absolute atomic E-state index is 0.0519. The lowest BCUT2D eigenvalue weighted by Gasteiger charge is -2.29. The van der Waals surface area contributed by atoms with Gasteiger partial charge in [-0.2, -0.15) is 0 Å². The first-order valence-electron chi connectivity index (χ1n) is 7.06. The maximum absolute atomic E-state index is 12.0. The molecule has 0 fully saturated rings. The fourth-order valence-corrected chi connectivity index (χ4v) is 2.80. The molecule has 1 aromatic carbocycles. The number of hydrogen-bond acceptors (Lipinski definition) is 6. The van der Waals surface area contributed by atoms with Gasteiger partial charge in [0.05, 0.1) is 24.4 Å². The molecule has 0 bridgehead atoms. The fraction of sp³-hybridized carbons (Fsp3) is 0.375. The minimum atomic E-state index is -1.62. The van der Waals surface area contributed by atoms with E-state index in [-0.39, 0.29) is 19.6 Å². The highest BCUT2D eigenvalue weighted by atomic mass is 32.1. The van der Waals surface area contributed by atoms with Gasteiger partial charge >= 0.3 is 5.97 Å². The van der Waals surface area contributed by atoms with Gasteiger partial charge in [0, 0.05) is 18.9 Å². The molecular weight excluding hydrogens is 318 g/mol. The number of benzene rings is 1. The topological polar surface area (TPSA) is 88.9 Å². The normalized spacial score (nSPS) is 15.0. The van der Waals surface area contributed by atoms with Gasteiger partial charge in [0.25, 0.3) is 0 Å². The quantitative estimate of drug-likeness (QED) is 0.724. The van der Waals surface area contributed by atoms with Crippen molar-refractivity contribution in [2.45, 2.75) is 18.1 Å². The molecule has 2 unspecified atom stereocenters. The lowest BCUT2D eigenvalue weighted by Crippen LogP contribution is -2.43. The van der Waals surface area contributed by atoms with Crippen LogP contribution < -0.4 is 0 Å². The number of aliphatic hydroxyl groups excluding tert-OH is 1. The predicted molar refractivity (Wildman–Crippen MR) is 85.4 cm³/mol. The summed E-state index contributed by atoms with van der Waals surface area (Å²) in [4.78, 5) is 16.2. The van der Waals surface area contributed by atoms with Crippen molar-refractivity contribution in [2.75, 3.05) is 20.3 Å². The summed E-state index contributed by atoms with van der Waals surface area (Å²) in [6.07, 6.45) is -0.461. The molecule has 0 saturated carbocycles. The van der Waals surface area contributed by atoms with Crippen LogP contribution in [0.15, 0.2) is 41.2 Å². The number of carbonyl (C=O) groups is 1. The van der Waals surface area contributed by atoms with Crippen LogP contribution in [-0.2, 0) is 26.3 Å². The Kier molecular flexibility index (Phi) is 6.23. The number of carboxylic acids is 1. The Balaban J connectivity index is 2.33. The molecule has 23 heavy (non-hydrogen) atoms. The van der Waals surface area contributed by atoms with Gasteiger partial charge in [-0.05, 0) is 5.56 Å². The van der Waals surface area contributed by atoms with Crippen molar-refractivity contribution in [3.8, 4) is 0 Å². The number of ether oxygens (including phenoxy) is 2. The SMILES string of the molecule is COC(CO)COC(Cc1ccccc1)(C(=O)O)c1cscn1. The molecule has 2 N–H and O–H groups in total. The summed E-state index contributed by atoms with van der Waals surface area (Å²) in [5.74, 6) is -1.12. The molecule has 0 amide bonds. The van der Waals surface area contributed by atoms with Gasteiger partial charge in [0.15, 0.2) is 0 Å². The first kappa shape index (κ1) is 17.6. The lowest BCUT2D eigenvalue weighted by molar-refractivity contribution is -0.174. The van der Waals surface area contributed by atoms with Crippen molar-refractivity contribution in [3.05, 3.63) is 52.5 Å². The van der Waals surface area contributed by atoms with E-state index in [0.717, 1.165) is 5.56 Å². The van der Waals surface area contributed by atoms with Crippen LogP contribution >= 0.6 is 11.3 Å². The van der Waals surface area contributed by atoms with Crippen LogP contribution in [0.25, 0.3) is 0 Å². The zero-order valence-electron chi connectivity index (χ0n) is 12.7. The second-order valence-electron chi connectivity index (χ2n) is 5.02. The number of rotatable bonds is 9. The molecule has 2 aromatic rings. The van der Waals surface area contributed by atoms with Crippen molar-refractivity contribution >= 4 is 17.3 Å². The third kappa shape index (κ3) is 4.14. The summed E-state index contributed by atoms with van der Waals surface area (Å²) in [7, 11) is 1.44. The Morgan fingerprint density at radius 3 is 2.65 bits per heavy atom. The second-order valence-corrected chi connectivity index (χ2v) is 5.74. The van der Waals surface area contributed by atoms with Crippen LogP contribution in [0.2, 0.25) is 0 Å². The Bertz CT molecular complexity index is 600. The van der Waals surface area contributed by atoms with Crippen molar-refractivity contribution < 1.29 is 24.5 Å². The Labute approximate surface area is 138 Å². The van der Waals surface area contributed by atoms with Gasteiger partial charge in [-0.3, -0.25) is 0 Å². The van der Waals surface area contributed by atoms with E-state index in [1.54, 1.807) is 10.9 Å². The summed E-state index contributed by atoms with van der Waals surface area (Å²) in [6.45, 7) is -0.307. The van der Waals surface area contributed by atoms with Crippen molar-refractivity contribution in [1.82, 2.24) is 4.98 Å². The van der Waals surface area contributed by atoms with E-state index in [4.69, 9.17) is 9.47 Å². The summed E-state index contributed by atoms with van der Waals surface area (Å²) in [6, 6.07) is 9.23. The molecule has 1 heterocycles. The van der Waals surface area contributed by atoms with E-state index in [1.807, 2.05) is 30.3 Å². The fourth-order valence-electron chi connectivity index (χ4n) is 2.19. The van der Waals surface area contributed by atoms with Crippen molar-refractivity contribution in [2.24, 2.45) is 0 Å². The second kappa shape index (κ2) is 8.16. The molecule has 0 spiro atoms. The highest BCUT2D eigenvalue weighted by Gasteiger charge is 2.44. The lowest BCUT2D eigenvalue weighted by atomic mass is 9.91. The number of aliphatic carboxylic acids is 1. The summed E-state index contributed by atoms with van der Waals surface area (Å²) in [5.41, 5.74) is 1.11. The smallest absolute Gasteiger partial charge is 0.342 e. The molecule has 124 valence electrons. The first-order valence-corrected chi connectivity index (χ1v) is 8.00. The van der Waals surface area contributed by atoms with Crippen LogP contribution in [0.5, 0.6) is 0 Å². The van der Waals surface area contributed by atoms with E-state index in [0.29, 0.717) is 5.69 Å². The number of aliphatic hydroxyl groups is 1. The van der Waals surface area contributed by atoms with E-state index >= 15 is 0 Å². The molecular formula is C16H19NO5S. The van der Waals surface area contributed by atoms with Gasteiger partial charge in [-0.25, -0.2) is 9.78 Å². The molecule has 7 heteroatoms. The molecule has 0 saturated heterocycles. The van der Waals surface area contributed by atoms with Gasteiger partial charge in [0.2, 0.25) is 5.60 Å². The van der Waals surface area contributed by atoms with Gasteiger partial charge in [0.1, 0.15) is 6.10 Å². The zero-order chi connectivity index (χ0) is 16.7. The summed E-state index contributed by atoms with van der Waals surface area (Å²) < 4.78 is 10.8. The third-order valence-corrected chi connectivity index (χ3v) is 4.13. The van der Waals surface area contributed by atoms with E-state index in [9.17, 15) is 15.0 Å². The highest BCUT2D eigenvalue weighted by molar-refractivity contribution is 7.07. The van der Waals surface area contributed by atoms with Gasteiger partial charge < -0.3 is 19.7 Å². The minimum Gasteiger partial charge on any atom is -0.479 e. The van der Waals surface area contributed by atoms with Crippen LogP contribution in [0.1, 0.15) is 11.3 Å². The van der Waals surface area contributed by atoms with E-state index in [2.05, 4.69) is 4.98 Å². The van der Waals surface area contributed by atoms with Gasteiger partial charge in [-0.15, -0.1) is 11.3 Å². The maximum atomic E-state index is 12.0. The molecule has 0 aliphatic carbocycles. The average molecular weight is 337 g/mol. The Hall–Kier alpha value is -1.80. The number of thiazole rings is 1. The predicted octanol–water partition coefficient (Wildman–Crippen LogP) is 1.69. The zero-order valence-corrected chi connectivity index (χ0v) is 13.5. The summed E-state index contributed by atoms with van der Waals surface area (Å²) >= 11 is 1.31. The number of hydrogen-bond donors (Lipinski definition) is 2. The maximum Gasteiger partial charge on any atom is 0.342 e. The molecule has 0 aliphatic rings. The standard InChI is InChI=1S/C16H19NO5S/c1-21-13(8-18)9-22-16(15(19)20,14-10-23-11-17-14)7-12-5-3-2-4-6-12/h2-6,10-11,13,18H,7-9H2,1H3,(H,19,20). The Morgan fingerprint density at radius 1 is 1.39 bits per heavy atom. The largest absolute Gasteiger partial charge is 0.479 e. The molecule has 2 rings (SSSR count). The van der Waals surface area contributed by atoms with Crippen LogP contribution in [0.3, 0.4) is 0 Å². The number of carboxylic acid groups (broad SMARTS) is 1. The van der Waals surface area contributed by atoms with Crippen molar-refractivity contribution in [3.63, 3.8) is 0 Å².